The summed E-state index contributed by atoms with van der Waals surface area (Å²) in [4.78, 5) is 13.6. The minimum Gasteiger partial charge on any atom is -0.497 e. The van der Waals surface area contributed by atoms with Crippen LogP contribution < -0.4 is 4.74 Å². The summed E-state index contributed by atoms with van der Waals surface area (Å²) in [5.41, 5.74) is 0.959. The van der Waals surface area contributed by atoms with Crippen molar-refractivity contribution in [3.8, 4) is 5.75 Å². The smallest absolute Gasteiger partial charge is 0.166 e. The van der Waals surface area contributed by atoms with Gasteiger partial charge in [0.2, 0.25) is 0 Å². The number of benzene rings is 1. The molecule has 1 N–H and O–H groups in total. The van der Waals surface area contributed by atoms with Gasteiger partial charge in [-0.2, -0.15) is 0 Å². The lowest BCUT2D eigenvalue weighted by atomic mass is 9.50. The molecule has 3 nitrogen and oxygen atoms in total. The Bertz CT molecular complexity index is 743. The molecule has 0 saturated heterocycles. The Balaban J connectivity index is 1.55. The zero-order chi connectivity index (χ0) is 21.3. The van der Waals surface area contributed by atoms with E-state index in [-0.39, 0.29) is 11.3 Å². The van der Waals surface area contributed by atoms with Crippen molar-refractivity contribution >= 4 is 5.78 Å². The number of carbonyl (C=O) groups is 1. The normalized spacial score (nSPS) is 38.0. The Morgan fingerprint density at radius 1 is 1.17 bits per heavy atom. The van der Waals surface area contributed by atoms with Crippen molar-refractivity contribution in [1.82, 2.24) is 0 Å². The number of aliphatic hydroxyl groups excluding tert-OH is 1. The molecule has 30 heavy (non-hydrogen) atoms. The Labute approximate surface area is 182 Å². The summed E-state index contributed by atoms with van der Waals surface area (Å²) in [6.07, 6.45) is 10.8. The van der Waals surface area contributed by atoms with Crippen LogP contribution in [0.1, 0.15) is 82.0 Å². The lowest BCUT2D eigenvalue weighted by Crippen LogP contribution is -2.48. The molecule has 3 fully saturated rings. The fourth-order valence-corrected chi connectivity index (χ4v) is 7.93. The number of rotatable bonds is 7. The lowest BCUT2D eigenvalue weighted by molar-refractivity contribution is -0.0516. The average Bonchev–Trinajstić information content (AvgIpc) is 3.14. The molecule has 0 radical (unpaired) electrons. The number of methoxy groups -OCH3 is 1. The summed E-state index contributed by atoms with van der Waals surface area (Å²) in [6, 6.07) is 7.74. The van der Waals surface area contributed by atoms with Gasteiger partial charge in [0.05, 0.1) is 7.11 Å². The van der Waals surface area contributed by atoms with Crippen LogP contribution in [0.25, 0.3) is 0 Å². The molecule has 3 aliphatic rings. The van der Waals surface area contributed by atoms with Crippen LogP contribution in [-0.2, 0) is 0 Å². The van der Waals surface area contributed by atoms with Gasteiger partial charge in [0.1, 0.15) is 5.75 Å². The molecule has 3 aliphatic carbocycles. The molecule has 1 aromatic rings. The molecule has 166 valence electrons. The molecule has 3 heteroatoms. The van der Waals surface area contributed by atoms with Gasteiger partial charge in [0.25, 0.3) is 0 Å². The molecule has 7 atom stereocenters. The van der Waals surface area contributed by atoms with E-state index in [2.05, 4.69) is 13.8 Å². The molecule has 1 aromatic carbocycles. The third kappa shape index (κ3) is 3.72. The molecule has 0 unspecified atom stereocenters. The second-order valence-corrected chi connectivity index (χ2v) is 10.5. The minimum atomic E-state index is 0.141. The van der Waals surface area contributed by atoms with Crippen LogP contribution in [0, 0.1) is 40.9 Å². The van der Waals surface area contributed by atoms with E-state index in [0.717, 1.165) is 47.8 Å². The van der Waals surface area contributed by atoms with Crippen molar-refractivity contribution < 1.29 is 14.6 Å². The van der Waals surface area contributed by atoms with E-state index in [9.17, 15) is 9.90 Å². The fourth-order valence-electron chi connectivity index (χ4n) is 7.93. The molecule has 3 saturated carbocycles. The van der Waals surface area contributed by atoms with E-state index in [1.165, 1.54) is 44.9 Å². The lowest BCUT2D eigenvalue weighted by Gasteiger charge is -2.54. The van der Waals surface area contributed by atoms with Gasteiger partial charge in [-0.1, -0.05) is 32.4 Å². The largest absolute Gasteiger partial charge is 0.497 e. The Hall–Kier alpha value is -1.35. The van der Waals surface area contributed by atoms with E-state index < -0.39 is 0 Å². The predicted molar refractivity (Wildman–Crippen MR) is 121 cm³/mol. The van der Waals surface area contributed by atoms with Gasteiger partial charge in [-0.05, 0) is 98.5 Å². The zero-order valence-electron chi connectivity index (χ0n) is 19.1. The van der Waals surface area contributed by atoms with Crippen LogP contribution >= 0.6 is 0 Å². The Morgan fingerprint density at radius 3 is 2.73 bits per heavy atom. The van der Waals surface area contributed by atoms with Crippen LogP contribution in [0.15, 0.2) is 24.3 Å². The van der Waals surface area contributed by atoms with E-state index >= 15 is 0 Å². The number of aliphatic hydroxyl groups is 1. The predicted octanol–water partition coefficient (Wildman–Crippen LogP) is 6.15. The monoisotopic (exact) mass is 412 g/mol. The first kappa shape index (κ1) is 21.9. The first-order valence-electron chi connectivity index (χ1n) is 12.3. The SMILES string of the molecule is CC[C@@H]1CC[C@@H]2[C@H](CC[C@]3(C)[C@@H](C(=O)c4cccc(OC)c4)CC[C@@H]23)[C@H]1CCCO. The molecule has 0 spiro atoms. The zero-order valence-corrected chi connectivity index (χ0v) is 19.1. The van der Waals surface area contributed by atoms with Crippen molar-refractivity contribution in [2.24, 2.45) is 40.9 Å². The molecular weight excluding hydrogens is 372 g/mol. The summed E-state index contributed by atoms with van der Waals surface area (Å²) < 4.78 is 5.36. The van der Waals surface area contributed by atoms with E-state index in [1.807, 2.05) is 24.3 Å². The summed E-state index contributed by atoms with van der Waals surface area (Å²) in [7, 11) is 1.66. The van der Waals surface area contributed by atoms with Gasteiger partial charge in [0.15, 0.2) is 5.78 Å². The standard InChI is InChI=1S/C27H40O3/c1-4-18-10-11-23-22(21(18)9-6-16-28)14-15-27(2)24(23)12-13-25(27)26(29)19-7-5-8-20(17-19)30-3/h5,7-8,17-18,21-25,28H,4,6,9-16H2,1-3H3/t18-,21+,22-,23-,24+,25-,27+/m1/s1. The number of hydrogen-bond donors (Lipinski definition) is 1. The maximum atomic E-state index is 13.6. The number of hydrogen-bond acceptors (Lipinski definition) is 3. The van der Waals surface area contributed by atoms with Gasteiger partial charge in [0, 0.05) is 18.1 Å². The van der Waals surface area contributed by atoms with Gasteiger partial charge in [-0.3, -0.25) is 4.79 Å². The van der Waals surface area contributed by atoms with Gasteiger partial charge in [-0.25, -0.2) is 0 Å². The highest BCUT2D eigenvalue weighted by atomic mass is 16.5. The van der Waals surface area contributed by atoms with Gasteiger partial charge < -0.3 is 9.84 Å². The average molecular weight is 413 g/mol. The topological polar surface area (TPSA) is 46.5 Å². The quantitative estimate of drug-likeness (QED) is 0.547. The van der Waals surface area contributed by atoms with Gasteiger partial charge in [-0.15, -0.1) is 0 Å². The number of ether oxygens (including phenoxy) is 1. The summed E-state index contributed by atoms with van der Waals surface area (Å²) >= 11 is 0. The molecule has 0 amide bonds. The second-order valence-electron chi connectivity index (χ2n) is 10.5. The molecule has 4 rings (SSSR count). The third-order valence-electron chi connectivity index (χ3n) is 9.41. The van der Waals surface area contributed by atoms with E-state index in [1.54, 1.807) is 7.11 Å². The summed E-state index contributed by atoms with van der Waals surface area (Å²) in [6.45, 7) is 5.10. The van der Waals surface area contributed by atoms with E-state index in [0.29, 0.717) is 18.3 Å². The molecular formula is C27H40O3. The fraction of sp³-hybridized carbons (Fsp3) is 0.741. The van der Waals surface area contributed by atoms with Crippen molar-refractivity contribution in [2.45, 2.75) is 71.6 Å². The van der Waals surface area contributed by atoms with Crippen LogP contribution in [-0.4, -0.2) is 24.6 Å². The number of fused-ring (bicyclic) bond motifs is 3. The minimum absolute atomic E-state index is 0.141. The van der Waals surface area contributed by atoms with Crippen LogP contribution in [0.2, 0.25) is 0 Å². The number of Topliss-reactive ketones (excluding diaryl/α,β-unsaturated/α-hetero) is 1. The summed E-state index contributed by atoms with van der Waals surface area (Å²) in [5, 5.41) is 9.44. The molecule has 0 aromatic heterocycles. The van der Waals surface area contributed by atoms with E-state index in [4.69, 9.17) is 4.74 Å². The highest BCUT2D eigenvalue weighted by molar-refractivity contribution is 5.99. The van der Waals surface area contributed by atoms with Crippen molar-refractivity contribution in [3.05, 3.63) is 29.8 Å². The first-order chi connectivity index (χ1) is 14.5. The molecule has 0 aliphatic heterocycles. The maximum Gasteiger partial charge on any atom is 0.166 e. The van der Waals surface area contributed by atoms with Crippen LogP contribution in [0.4, 0.5) is 0 Å². The maximum absolute atomic E-state index is 13.6. The van der Waals surface area contributed by atoms with Gasteiger partial charge >= 0.3 is 0 Å². The second kappa shape index (κ2) is 9.02. The molecule has 0 bridgehead atoms. The Kier molecular flexibility index (Phi) is 6.58. The van der Waals surface area contributed by atoms with Crippen molar-refractivity contribution in [2.75, 3.05) is 13.7 Å². The molecule has 0 heterocycles. The van der Waals surface area contributed by atoms with Crippen LogP contribution in [0.5, 0.6) is 5.75 Å². The number of carbonyl (C=O) groups excluding carboxylic acids is 1. The summed E-state index contributed by atoms with van der Waals surface area (Å²) in [5.74, 6) is 5.12. The highest BCUT2D eigenvalue weighted by Gasteiger charge is 2.57. The van der Waals surface area contributed by atoms with Crippen molar-refractivity contribution in [1.29, 1.82) is 0 Å². The first-order valence-corrected chi connectivity index (χ1v) is 12.3. The van der Waals surface area contributed by atoms with Crippen LogP contribution in [0.3, 0.4) is 0 Å². The van der Waals surface area contributed by atoms with Crippen molar-refractivity contribution in [3.63, 3.8) is 0 Å². The third-order valence-corrected chi connectivity index (χ3v) is 9.41. The number of ketones is 1. The highest BCUT2D eigenvalue weighted by Crippen LogP contribution is 2.64. The Morgan fingerprint density at radius 2 is 2.00 bits per heavy atom.